The molecular weight excluding hydrogens is 239 g/mol. The minimum absolute atomic E-state index is 0.322. The van der Waals surface area contributed by atoms with Crippen molar-refractivity contribution in [2.45, 2.75) is 57.7 Å². The van der Waals surface area contributed by atoms with Crippen LogP contribution in [0.5, 0.6) is 0 Å². The molecule has 0 bridgehead atoms. The average Bonchev–Trinajstić information content (AvgIpc) is 2.49. The van der Waals surface area contributed by atoms with Gasteiger partial charge >= 0.3 is 0 Å². The molecule has 1 aromatic carbocycles. The van der Waals surface area contributed by atoms with Crippen LogP contribution in [0, 0.1) is 5.92 Å². The Kier molecular flexibility index (Phi) is 6.35. The Morgan fingerprint density at radius 3 is 2.58 bits per heavy atom. The van der Waals surface area contributed by atoms with E-state index in [9.17, 15) is 4.39 Å². The Labute approximate surface area is 116 Å². The van der Waals surface area contributed by atoms with Crippen molar-refractivity contribution in [3.8, 4) is 0 Å². The zero-order valence-electron chi connectivity index (χ0n) is 11.7. The van der Waals surface area contributed by atoms with E-state index >= 15 is 0 Å². The maximum Gasteiger partial charge on any atom is 0.103 e. The Hall–Kier alpha value is -0.890. The van der Waals surface area contributed by atoms with E-state index in [4.69, 9.17) is 4.74 Å². The molecule has 0 saturated heterocycles. The minimum atomic E-state index is -0.611. The van der Waals surface area contributed by atoms with Crippen LogP contribution in [0.3, 0.4) is 0 Å². The third-order valence-corrected chi connectivity index (χ3v) is 4.04. The van der Waals surface area contributed by atoms with E-state index in [0.717, 1.165) is 19.3 Å². The second-order valence-electron chi connectivity index (χ2n) is 5.59. The molecule has 2 rings (SSSR count). The highest BCUT2D eigenvalue weighted by Gasteiger charge is 2.22. The number of hydrogen-bond donors (Lipinski definition) is 0. The highest BCUT2D eigenvalue weighted by molar-refractivity contribution is 5.13. The molecule has 0 N–H and O–H groups in total. The molecule has 1 aliphatic rings. The van der Waals surface area contributed by atoms with Crippen molar-refractivity contribution in [2.75, 3.05) is 6.61 Å². The lowest BCUT2D eigenvalue weighted by atomic mass is 9.84. The maximum atomic E-state index is 14.0. The summed E-state index contributed by atoms with van der Waals surface area (Å²) in [5, 5.41) is 0. The smallest absolute Gasteiger partial charge is 0.103 e. The summed E-state index contributed by atoms with van der Waals surface area (Å²) in [6.07, 6.45) is 6.80. The first-order chi connectivity index (χ1) is 9.36. The maximum absolute atomic E-state index is 14.0. The van der Waals surface area contributed by atoms with Gasteiger partial charge in [0.1, 0.15) is 6.17 Å². The first-order valence-electron chi connectivity index (χ1n) is 7.62. The minimum Gasteiger partial charge on any atom is -0.377 e. The number of hydrogen-bond acceptors (Lipinski definition) is 1. The lowest BCUT2D eigenvalue weighted by molar-refractivity contribution is 0.100. The molecule has 2 heteroatoms. The number of alkyl halides is 1. The van der Waals surface area contributed by atoms with Crippen LogP contribution >= 0.6 is 0 Å². The highest BCUT2D eigenvalue weighted by Crippen LogP contribution is 2.29. The first-order valence-corrected chi connectivity index (χ1v) is 7.62. The number of benzene rings is 1. The normalized spacial score (nSPS) is 18.4. The molecule has 1 nitrogen and oxygen atoms in total. The molecular formula is C17H25FO. The van der Waals surface area contributed by atoms with Gasteiger partial charge < -0.3 is 4.74 Å². The largest absolute Gasteiger partial charge is 0.377 e. The molecule has 19 heavy (non-hydrogen) atoms. The fraction of sp³-hybridized carbons (Fsp3) is 0.647. The molecule has 0 spiro atoms. The van der Waals surface area contributed by atoms with Gasteiger partial charge in [-0.05, 0) is 37.2 Å². The lowest BCUT2D eigenvalue weighted by Crippen LogP contribution is -2.19. The Morgan fingerprint density at radius 1 is 1.11 bits per heavy atom. The van der Waals surface area contributed by atoms with E-state index in [1.54, 1.807) is 0 Å². The molecule has 1 saturated carbocycles. The van der Waals surface area contributed by atoms with Crippen molar-refractivity contribution < 1.29 is 9.13 Å². The molecule has 0 aromatic heterocycles. The van der Waals surface area contributed by atoms with E-state index in [1.807, 2.05) is 18.2 Å². The Balaban J connectivity index is 1.54. The summed E-state index contributed by atoms with van der Waals surface area (Å²) in [5.41, 5.74) is 1.19. The zero-order valence-corrected chi connectivity index (χ0v) is 11.7. The quantitative estimate of drug-likeness (QED) is 0.636. The number of halogens is 1. The summed E-state index contributed by atoms with van der Waals surface area (Å²) in [7, 11) is 0. The SMILES string of the molecule is FC(CCCOCc1ccccc1)C1CCCCC1. The topological polar surface area (TPSA) is 9.23 Å². The first kappa shape index (κ1) is 14.5. The summed E-state index contributed by atoms with van der Waals surface area (Å²) < 4.78 is 19.6. The van der Waals surface area contributed by atoms with Crippen molar-refractivity contribution >= 4 is 0 Å². The van der Waals surface area contributed by atoms with Gasteiger partial charge in [0.15, 0.2) is 0 Å². The van der Waals surface area contributed by atoms with Crippen LogP contribution in [0.2, 0.25) is 0 Å². The molecule has 0 heterocycles. The summed E-state index contributed by atoms with van der Waals surface area (Å²) in [4.78, 5) is 0. The molecule has 0 amide bonds. The second kappa shape index (κ2) is 8.31. The van der Waals surface area contributed by atoms with E-state index in [2.05, 4.69) is 12.1 Å². The number of ether oxygens (including phenoxy) is 1. The van der Waals surface area contributed by atoms with E-state index < -0.39 is 6.17 Å². The molecule has 106 valence electrons. The standard InChI is InChI=1S/C17H25FO/c18-17(16-10-5-2-6-11-16)12-7-13-19-14-15-8-3-1-4-9-15/h1,3-4,8-9,16-17H,2,5-7,10-14H2. The van der Waals surface area contributed by atoms with Crippen LogP contribution in [-0.4, -0.2) is 12.8 Å². The van der Waals surface area contributed by atoms with Crippen LogP contribution in [0.25, 0.3) is 0 Å². The molecule has 1 atom stereocenters. The van der Waals surface area contributed by atoms with Crippen LogP contribution in [0.1, 0.15) is 50.5 Å². The van der Waals surface area contributed by atoms with Gasteiger partial charge in [-0.2, -0.15) is 0 Å². The second-order valence-corrected chi connectivity index (χ2v) is 5.59. The van der Waals surface area contributed by atoms with Gasteiger partial charge in [-0.25, -0.2) is 4.39 Å². The van der Waals surface area contributed by atoms with Crippen LogP contribution in [0.4, 0.5) is 4.39 Å². The highest BCUT2D eigenvalue weighted by atomic mass is 19.1. The predicted molar refractivity (Wildman–Crippen MR) is 76.8 cm³/mol. The summed E-state index contributed by atoms with van der Waals surface area (Å²) in [6.45, 7) is 1.31. The van der Waals surface area contributed by atoms with Gasteiger partial charge in [-0.3, -0.25) is 0 Å². The van der Waals surface area contributed by atoms with Gasteiger partial charge in [0.05, 0.1) is 6.61 Å². The summed E-state index contributed by atoms with van der Waals surface area (Å²) in [6, 6.07) is 10.1. The van der Waals surface area contributed by atoms with Crippen molar-refractivity contribution in [3.05, 3.63) is 35.9 Å². The summed E-state index contributed by atoms with van der Waals surface area (Å²) in [5.74, 6) is 0.322. The van der Waals surface area contributed by atoms with Crippen molar-refractivity contribution in [1.82, 2.24) is 0 Å². The molecule has 0 aliphatic heterocycles. The molecule has 1 aromatic rings. The van der Waals surface area contributed by atoms with Crippen LogP contribution in [-0.2, 0) is 11.3 Å². The zero-order chi connectivity index (χ0) is 13.3. The third kappa shape index (κ3) is 5.32. The predicted octanol–water partition coefficient (Wildman–Crippen LogP) is 4.90. The molecule has 1 aliphatic carbocycles. The summed E-state index contributed by atoms with van der Waals surface area (Å²) >= 11 is 0. The number of rotatable bonds is 7. The average molecular weight is 264 g/mol. The van der Waals surface area contributed by atoms with E-state index in [1.165, 1.54) is 24.8 Å². The van der Waals surface area contributed by atoms with E-state index in [-0.39, 0.29) is 0 Å². The van der Waals surface area contributed by atoms with Gasteiger partial charge in [0.25, 0.3) is 0 Å². The van der Waals surface area contributed by atoms with Crippen molar-refractivity contribution in [2.24, 2.45) is 5.92 Å². The van der Waals surface area contributed by atoms with Gasteiger partial charge in [0, 0.05) is 6.61 Å². The van der Waals surface area contributed by atoms with Crippen molar-refractivity contribution in [3.63, 3.8) is 0 Å². The van der Waals surface area contributed by atoms with E-state index in [0.29, 0.717) is 25.6 Å². The van der Waals surface area contributed by atoms with Gasteiger partial charge in [-0.1, -0.05) is 49.6 Å². The monoisotopic (exact) mass is 264 g/mol. The van der Waals surface area contributed by atoms with Crippen LogP contribution < -0.4 is 0 Å². The van der Waals surface area contributed by atoms with Crippen LogP contribution in [0.15, 0.2) is 30.3 Å². The van der Waals surface area contributed by atoms with Crippen molar-refractivity contribution in [1.29, 1.82) is 0 Å². The Bertz CT molecular complexity index is 332. The van der Waals surface area contributed by atoms with Gasteiger partial charge in [-0.15, -0.1) is 0 Å². The fourth-order valence-corrected chi connectivity index (χ4v) is 2.88. The lowest BCUT2D eigenvalue weighted by Gasteiger charge is -2.24. The molecule has 1 fully saturated rings. The molecule has 0 radical (unpaired) electrons. The fourth-order valence-electron chi connectivity index (χ4n) is 2.88. The third-order valence-electron chi connectivity index (χ3n) is 4.04. The molecule has 1 unspecified atom stereocenters. The van der Waals surface area contributed by atoms with Gasteiger partial charge in [0.2, 0.25) is 0 Å². The Morgan fingerprint density at radius 2 is 1.84 bits per heavy atom.